The molecule has 0 spiro atoms. The van der Waals surface area contributed by atoms with Crippen LogP contribution in [0.2, 0.25) is 0 Å². The molecular weight excluding hydrogens is 226 g/mol. The molecule has 5 nitrogen and oxygen atoms in total. The van der Waals surface area contributed by atoms with Gasteiger partial charge in [-0.3, -0.25) is 9.47 Å². The van der Waals surface area contributed by atoms with Crippen LogP contribution in [-0.4, -0.2) is 38.6 Å². The number of likely N-dealkylation sites (N-methyl/N-ethyl adjacent to an activating group) is 1. The Kier molecular flexibility index (Phi) is 2.91. The maximum Gasteiger partial charge on any atom is 0.202 e. The van der Waals surface area contributed by atoms with Crippen LogP contribution in [-0.2, 0) is 6.54 Å². The third-order valence-electron chi connectivity index (χ3n) is 3.83. The van der Waals surface area contributed by atoms with Gasteiger partial charge < -0.3 is 5.73 Å². The summed E-state index contributed by atoms with van der Waals surface area (Å²) in [7, 11) is 0. The van der Waals surface area contributed by atoms with Gasteiger partial charge in [0.1, 0.15) is 5.52 Å². The molecule has 1 unspecified atom stereocenters. The molecule has 0 aliphatic carbocycles. The minimum absolute atomic E-state index is 0.566. The maximum atomic E-state index is 6.01. The number of hydrogen-bond acceptors (Lipinski definition) is 4. The van der Waals surface area contributed by atoms with E-state index in [4.69, 9.17) is 5.73 Å². The van der Waals surface area contributed by atoms with Crippen LogP contribution in [0, 0.1) is 0 Å². The third kappa shape index (κ3) is 1.84. The molecule has 1 aliphatic heterocycles. The average Bonchev–Trinajstić information content (AvgIpc) is 2.95. The first kappa shape index (κ1) is 11.5. The summed E-state index contributed by atoms with van der Waals surface area (Å²) in [5, 5.41) is 0. The van der Waals surface area contributed by atoms with Crippen molar-refractivity contribution in [2.75, 3.05) is 18.8 Å². The van der Waals surface area contributed by atoms with E-state index in [1.54, 1.807) is 6.20 Å². The molecule has 3 heterocycles. The fraction of sp³-hybridized carbons (Fsp3) is 0.538. The van der Waals surface area contributed by atoms with Crippen molar-refractivity contribution < 1.29 is 0 Å². The summed E-state index contributed by atoms with van der Waals surface area (Å²) in [4.78, 5) is 11.3. The fourth-order valence-electron chi connectivity index (χ4n) is 2.88. The smallest absolute Gasteiger partial charge is 0.202 e. The number of imidazole rings is 1. The lowest BCUT2D eigenvalue weighted by Gasteiger charge is -2.23. The van der Waals surface area contributed by atoms with Gasteiger partial charge in [0.2, 0.25) is 5.95 Å². The monoisotopic (exact) mass is 245 g/mol. The molecule has 0 radical (unpaired) electrons. The molecule has 0 aromatic carbocycles. The van der Waals surface area contributed by atoms with Crippen molar-refractivity contribution in [3.63, 3.8) is 0 Å². The van der Waals surface area contributed by atoms with Crippen LogP contribution in [0.15, 0.2) is 18.3 Å². The van der Waals surface area contributed by atoms with E-state index in [9.17, 15) is 0 Å². The fourth-order valence-corrected chi connectivity index (χ4v) is 2.88. The predicted octanol–water partition coefficient (Wildman–Crippen LogP) is 1.50. The average molecular weight is 245 g/mol. The molecule has 2 aromatic heterocycles. The number of anilines is 1. The molecule has 2 aromatic rings. The predicted molar refractivity (Wildman–Crippen MR) is 72.2 cm³/mol. The third-order valence-corrected chi connectivity index (χ3v) is 3.83. The number of likely N-dealkylation sites (tertiary alicyclic amines) is 1. The zero-order chi connectivity index (χ0) is 12.5. The Bertz CT molecular complexity index is 547. The highest BCUT2D eigenvalue weighted by atomic mass is 15.2. The first-order chi connectivity index (χ1) is 8.79. The second-order valence-corrected chi connectivity index (χ2v) is 4.85. The number of hydrogen-bond donors (Lipinski definition) is 1. The Hall–Kier alpha value is -1.62. The Morgan fingerprint density at radius 3 is 3.22 bits per heavy atom. The topological polar surface area (TPSA) is 60.0 Å². The van der Waals surface area contributed by atoms with E-state index in [1.807, 2.05) is 16.7 Å². The van der Waals surface area contributed by atoms with Crippen molar-refractivity contribution in [2.45, 2.75) is 32.4 Å². The summed E-state index contributed by atoms with van der Waals surface area (Å²) in [6, 6.07) is 4.42. The van der Waals surface area contributed by atoms with Crippen LogP contribution >= 0.6 is 0 Å². The number of nitrogens with zero attached hydrogens (tertiary/aromatic N) is 4. The van der Waals surface area contributed by atoms with Crippen LogP contribution < -0.4 is 5.73 Å². The summed E-state index contributed by atoms with van der Waals surface area (Å²) in [6.45, 7) is 5.41. The van der Waals surface area contributed by atoms with Crippen molar-refractivity contribution >= 4 is 17.1 Å². The maximum absolute atomic E-state index is 6.01. The highest BCUT2D eigenvalue weighted by molar-refractivity contribution is 5.73. The summed E-state index contributed by atoms with van der Waals surface area (Å²) in [6.07, 6.45) is 4.31. The largest absolute Gasteiger partial charge is 0.369 e. The lowest BCUT2D eigenvalue weighted by Crippen LogP contribution is -2.33. The lowest BCUT2D eigenvalue weighted by molar-refractivity contribution is 0.246. The molecule has 2 N–H and O–H groups in total. The lowest BCUT2D eigenvalue weighted by atomic mass is 10.2. The number of nitrogen functional groups attached to an aromatic ring is 1. The van der Waals surface area contributed by atoms with Gasteiger partial charge in [-0.2, -0.15) is 0 Å². The standard InChI is InChI=1S/C13H19N5/c1-2-17-8-4-5-10(17)9-18-12-11(16-13(18)14)6-3-7-15-12/h3,6-7,10H,2,4-5,8-9H2,1H3,(H2,14,16). The highest BCUT2D eigenvalue weighted by Gasteiger charge is 2.24. The molecule has 0 amide bonds. The van der Waals surface area contributed by atoms with Crippen molar-refractivity contribution in [1.29, 1.82) is 0 Å². The van der Waals surface area contributed by atoms with Crippen molar-refractivity contribution in [3.05, 3.63) is 18.3 Å². The van der Waals surface area contributed by atoms with E-state index in [-0.39, 0.29) is 0 Å². The van der Waals surface area contributed by atoms with Crippen molar-refractivity contribution in [2.24, 2.45) is 0 Å². The molecule has 96 valence electrons. The second-order valence-electron chi connectivity index (χ2n) is 4.85. The van der Waals surface area contributed by atoms with Gasteiger partial charge in [-0.25, -0.2) is 9.97 Å². The number of fused-ring (bicyclic) bond motifs is 1. The zero-order valence-electron chi connectivity index (χ0n) is 10.7. The van der Waals surface area contributed by atoms with Gasteiger partial charge in [-0.1, -0.05) is 6.92 Å². The van der Waals surface area contributed by atoms with Crippen LogP contribution in [0.1, 0.15) is 19.8 Å². The molecule has 0 bridgehead atoms. The van der Waals surface area contributed by atoms with Crippen LogP contribution in [0.4, 0.5) is 5.95 Å². The SMILES string of the molecule is CCN1CCCC1Cn1c(N)nc2cccnc21. The Morgan fingerprint density at radius 2 is 2.39 bits per heavy atom. The van der Waals surface area contributed by atoms with Gasteiger partial charge in [0.15, 0.2) is 5.65 Å². The van der Waals surface area contributed by atoms with Crippen molar-refractivity contribution in [3.8, 4) is 0 Å². The molecule has 3 rings (SSSR count). The molecule has 1 atom stereocenters. The Balaban J connectivity index is 1.92. The summed E-state index contributed by atoms with van der Waals surface area (Å²) >= 11 is 0. The number of rotatable bonds is 3. The van der Waals surface area contributed by atoms with Gasteiger partial charge in [-0.05, 0) is 38.1 Å². The van der Waals surface area contributed by atoms with Crippen molar-refractivity contribution in [1.82, 2.24) is 19.4 Å². The molecular formula is C13H19N5. The molecule has 18 heavy (non-hydrogen) atoms. The quantitative estimate of drug-likeness (QED) is 0.890. The number of aromatic nitrogens is 3. The summed E-state index contributed by atoms with van der Waals surface area (Å²) < 4.78 is 2.05. The van der Waals surface area contributed by atoms with E-state index in [0.717, 1.165) is 24.3 Å². The highest BCUT2D eigenvalue weighted by Crippen LogP contribution is 2.22. The van der Waals surface area contributed by atoms with E-state index in [2.05, 4.69) is 21.8 Å². The molecule has 1 aliphatic rings. The normalized spacial score (nSPS) is 20.8. The summed E-state index contributed by atoms with van der Waals surface area (Å²) in [5.41, 5.74) is 7.80. The first-order valence-electron chi connectivity index (χ1n) is 6.60. The molecule has 0 saturated carbocycles. The molecule has 1 fully saturated rings. The second kappa shape index (κ2) is 4.57. The summed E-state index contributed by atoms with van der Waals surface area (Å²) in [5.74, 6) is 0.576. The Labute approximate surface area is 107 Å². The van der Waals surface area contributed by atoms with E-state index in [0.29, 0.717) is 12.0 Å². The number of nitrogens with two attached hydrogens (primary N) is 1. The van der Waals surface area contributed by atoms with Gasteiger partial charge in [0.05, 0.1) is 0 Å². The van der Waals surface area contributed by atoms with E-state index < -0.39 is 0 Å². The van der Waals surface area contributed by atoms with E-state index in [1.165, 1.54) is 19.4 Å². The molecule has 1 saturated heterocycles. The van der Waals surface area contributed by atoms with Gasteiger partial charge in [0.25, 0.3) is 0 Å². The van der Waals surface area contributed by atoms with Gasteiger partial charge in [-0.15, -0.1) is 0 Å². The van der Waals surface area contributed by atoms with Crippen LogP contribution in [0.5, 0.6) is 0 Å². The van der Waals surface area contributed by atoms with E-state index >= 15 is 0 Å². The Morgan fingerprint density at radius 1 is 1.50 bits per heavy atom. The minimum Gasteiger partial charge on any atom is -0.369 e. The molecule has 5 heteroatoms. The van der Waals surface area contributed by atoms with Crippen LogP contribution in [0.3, 0.4) is 0 Å². The first-order valence-corrected chi connectivity index (χ1v) is 6.60. The van der Waals surface area contributed by atoms with Gasteiger partial charge >= 0.3 is 0 Å². The minimum atomic E-state index is 0.566. The number of pyridine rings is 1. The van der Waals surface area contributed by atoms with Gasteiger partial charge in [0, 0.05) is 18.8 Å². The van der Waals surface area contributed by atoms with Crippen LogP contribution in [0.25, 0.3) is 11.2 Å². The zero-order valence-corrected chi connectivity index (χ0v) is 10.7.